The van der Waals surface area contributed by atoms with E-state index in [0.29, 0.717) is 64.0 Å². The number of aliphatic hydroxyl groups excluding tert-OH is 2. The predicted molar refractivity (Wildman–Crippen MR) is 163 cm³/mol. The highest BCUT2D eigenvalue weighted by Gasteiger charge is 2.36. The van der Waals surface area contributed by atoms with Gasteiger partial charge in [-0.3, -0.25) is 9.69 Å². The second-order valence-corrected chi connectivity index (χ2v) is 10.4. The smallest absolute Gasteiger partial charge is 0.237 e. The zero-order chi connectivity index (χ0) is 30.5. The van der Waals surface area contributed by atoms with Gasteiger partial charge >= 0.3 is 0 Å². The van der Waals surface area contributed by atoms with Crippen LogP contribution in [0.5, 0.6) is 5.88 Å². The third-order valence-electron chi connectivity index (χ3n) is 7.17. The fourth-order valence-electron chi connectivity index (χ4n) is 4.88. The number of rotatable bonds is 11. The van der Waals surface area contributed by atoms with Crippen molar-refractivity contribution >= 4 is 35.0 Å². The molecule has 0 spiro atoms. The number of anilines is 3. The van der Waals surface area contributed by atoms with Gasteiger partial charge in [0.15, 0.2) is 0 Å². The maximum absolute atomic E-state index is 13.3. The van der Waals surface area contributed by atoms with Crippen LogP contribution in [0.1, 0.15) is 42.9 Å². The van der Waals surface area contributed by atoms with Crippen LogP contribution in [0.25, 0.3) is 11.3 Å². The number of nitrogens with one attached hydrogen (secondary N) is 3. The number of hydrogen-bond acceptors (Lipinski definition) is 11. The van der Waals surface area contributed by atoms with Crippen LogP contribution in [0.2, 0.25) is 5.02 Å². The normalized spacial score (nSPS) is 15.8. The molecule has 0 radical (unpaired) electrons. The molecule has 1 unspecified atom stereocenters. The van der Waals surface area contributed by atoms with Crippen molar-refractivity contribution in [1.29, 1.82) is 0 Å². The van der Waals surface area contributed by atoms with Crippen molar-refractivity contribution in [2.45, 2.75) is 38.7 Å². The van der Waals surface area contributed by atoms with Gasteiger partial charge in [0.1, 0.15) is 12.0 Å². The van der Waals surface area contributed by atoms with Crippen molar-refractivity contribution in [3.05, 3.63) is 82.8 Å². The van der Waals surface area contributed by atoms with E-state index in [1.807, 2.05) is 37.3 Å². The minimum Gasteiger partial charge on any atom is -0.481 e. The average molecular weight is 605 g/mol. The molecule has 0 bridgehead atoms. The monoisotopic (exact) mass is 604 g/mol. The molecule has 4 aromatic rings. The molecule has 3 aromatic heterocycles. The lowest BCUT2D eigenvalue weighted by molar-refractivity contribution is -0.131. The lowest BCUT2D eigenvalue weighted by atomic mass is 10.0. The standard InChI is InChI=1S/C30H33ClN8O4/c1-4-32-25-7-5-6-23(36-25)24(16-40)37-28(41)17(2)39-15-19-9-8-18(12-21(19)29(39)42)27-22(31)14-34-30(38-27)35-20-10-11-33-26(13-20)43-3/h5-14,17,24,29,40,42H,4,15-16H2,1-3H3,(H,32,36)(H,37,41)(H,33,34,35,38)/t17-,24-,29?/m1/s1. The molecule has 0 saturated carbocycles. The van der Waals surface area contributed by atoms with E-state index >= 15 is 0 Å². The van der Waals surface area contributed by atoms with Crippen molar-refractivity contribution in [1.82, 2.24) is 30.2 Å². The predicted octanol–water partition coefficient (Wildman–Crippen LogP) is 3.82. The highest BCUT2D eigenvalue weighted by molar-refractivity contribution is 6.32. The Balaban J connectivity index is 1.31. The summed E-state index contributed by atoms with van der Waals surface area (Å²) < 4.78 is 5.17. The molecule has 5 rings (SSSR count). The lowest BCUT2D eigenvalue weighted by Crippen LogP contribution is -2.46. The number of hydrogen-bond donors (Lipinski definition) is 5. The van der Waals surface area contributed by atoms with Crippen molar-refractivity contribution < 1.29 is 19.7 Å². The topological polar surface area (TPSA) is 158 Å². The summed E-state index contributed by atoms with van der Waals surface area (Å²) >= 11 is 6.49. The lowest BCUT2D eigenvalue weighted by Gasteiger charge is -2.28. The van der Waals surface area contributed by atoms with Gasteiger partial charge in [-0.05, 0) is 43.7 Å². The van der Waals surface area contributed by atoms with Crippen LogP contribution in [0.15, 0.2) is 60.9 Å². The van der Waals surface area contributed by atoms with Gasteiger partial charge in [-0.1, -0.05) is 29.8 Å². The second kappa shape index (κ2) is 13.3. The highest BCUT2D eigenvalue weighted by Crippen LogP contribution is 2.37. The van der Waals surface area contributed by atoms with Gasteiger partial charge in [-0.25, -0.2) is 19.9 Å². The van der Waals surface area contributed by atoms with Crippen molar-refractivity contribution in [2.75, 3.05) is 30.9 Å². The third kappa shape index (κ3) is 6.67. The van der Waals surface area contributed by atoms with Crippen LogP contribution < -0.4 is 20.7 Å². The van der Waals surface area contributed by atoms with Gasteiger partial charge in [-0.15, -0.1) is 0 Å². The molecule has 13 heteroatoms. The summed E-state index contributed by atoms with van der Waals surface area (Å²) in [7, 11) is 1.54. The summed E-state index contributed by atoms with van der Waals surface area (Å²) in [5, 5.41) is 30.8. The maximum Gasteiger partial charge on any atom is 0.237 e. The molecule has 1 amide bonds. The SMILES string of the molecule is CCNc1cccc([C@@H](CO)NC(=O)[C@@H](C)N2Cc3ccc(-c4nc(Nc5ccnc(OC)c5)ncc4Cl)cc3C2O)n1. The van der Waals surface area contributed by atoms with E-state index in [0.717, 1.165) is 5.56 Å². The summed E-state index contributed by atoms with van der Waals surface area (Å²) in [4.78, 5) is 32.4. The summed E-state index contributed by atoms with van der Waals surface area (Å²) in [6.45, 7) is 4.41. The van der Waals surface area contributed by atoms with Crippen molar-refractivity contribution in [3.63, 3.8) is 0 Å². The van der Waals surface area contributed by atoms with Gasteiger partial charge in [-0.2, -0.15) is 0 Å². The Bertz CT molecular complexity index is 1610. The number of fused-ring (bicyclic) bond motifs is 1. The number of halogens is 1. The minimum atomic E-state index is -1.04. The summed E-state index contributed by atoms with van der Waals surface area (Å²) in [5.74, 6) is 1.08. The molecule has 1 aromatic carbocycles. The van der Waals surface area contributed by atoms with Crippen LogP contribution in [-0.2, 0) is 11.3 Å². The van der Waals surface area contributed by atoms with Crippen LogP contribution in [0, 0.1) is 0 Å². The molecule has 1 aliphatic rings. The van der Waals surface area contributed by atoms with E-state index in [1.165, 1.54) is 13.3 Å². The maximum atomic E-state index is 13.3. The Morgan fingerprint density at radius 1 is 1.19 bits per heavy atom. The Hall–Kier alpha value is -4.36. The molecule has 0 saturated heterocycles. The number of amides is 1. The number of ether oxygens (including phenoxy) is 1. The Labute approximate surface area is 254 Å². The number of aromatic nitrogens is 4. The van der Waals surface area contributed by atoms with Gasteiger partial charge in [0.2, 0.25) is 17.7 Å². The Morgan fingerprint density at radius 2 is 2.02 bits per heavy atom. The summed E-state index contributed by atoms with van der Waals surface area (Å²) in [6, 6.07) is 13.1. The third-order valence-corrected chi connectivity index (χ3v) is 7.45. The van der Waals surface area contributed by atoms with E-state index in [-0.39, 0.29) is 12.5 Å². The largest absolute Gasteiger partial charge is 0.481 e. The number of methoxy groups -OCH3 is 1. The quantitative estimate of drug-likeness (QED) is 0.169. The van der Waals surface area contributed by atoms with Gasteiger partial charge in [0, 0.05) is 42.2 Å². The van der Waals surface area contributed by atoms with Gasteiger partial charge in [0.05, 0.1) is 48.4 Å². The molecule has 0 aliphatic carbocycles. The molecular weight excluding hydrogens is 572 g/mol. The van der Waals surface area contributed by atoms with E-state index in [2.05, 4.69) is 35.9 Å². The molecular formula is C30H33ClN8O4. The molecule has 4 heterocycles. The molecule has 1 aliphatic heterocycles. The average Bonchev–Trinajstić information content (AvgIpc) is 3.36. The van der Waals surface area contributed by atoms with Crippen molar-refractivity contribution in [2.24, 2.45) is 0 Å². The van der Waals surface area contributed by atoms with Crippen molar-refractivity contribution in [3.8, 4) is 17.1 Å². The molecule has 5 N–H and O–H groups in total. The summed E-state index contributed by atoms with van der Waals surface area (Å²) in [6.07, 6.45) is 2.07. The molecule has 43 heavy (non-hydrogen) atoms. The number of carbonyl (C=O) groups is 1. The molecule has 224 valence electrons. The fourth-order valence-corrected chi connectivity index (χ4v) is 5.08. The Kier molecular flexibility index (Phi) is 9.31. The minimum absolute atomic E-state index is 0.321. The first-order chi connectivity index (χ1) is 20.8. The molecule has 12 nitrogen and oxygen atoms in total. The Morgan fingerprint density at radius 3 is 2.79 bits per heavy atom. The van der Waals surface area contributed by atoms with Gasteiger partial charge < -0.3 is 30.9 Å². The number of nitrogens with zero attached hydrogens (tertiary/aromatic N) is 5. The van der Waals surface area contributed by atoms with Crippen LogP contribution in [-0.4, -0.2) is 67.3 Å². The first-order valence-electron chi connectivity index (χ1n) is 13.8. The van der Waals surface area contributed by atoms with E-state index in [1.54, 1.807) is 36.2 Å². The molecule has 0 fully saturated rings. The van der Waals surface area contributed by atoms with E-state index < -0.39 is 18.3 Å². The number of pyridine rings is 2. The number of benzene rings is 1. The molecule has 3 atom stereocenters. The second-order valence-electron chi connectivity index (χ2n) is 9.96. The number of carbonyl (C=O) groups excluding carboxylic acids is 1. The van der Waals surface area contributed by atoms with Crippen LogP contribution in [0.3, 0.4) is 0 Å². The van der Waals surface area contributed by atoms with E-state index in [4.69, 9.17) is 16.3 Å². The zero-order valence-corrected chi connectivity index (χ0v) is 24.7. The summed E-state index contributed by atoms with van der Waals surface area (Å²) in [5.41, 5.74) is 3.93. The zero-order valence-electron chi connectivity index (χ0n) is 24.0. The first-order valence-corrected chi connectivity index (χ1v) is 14.2. The first kappa shape index (κ1) is 30.1. The van der Waals surface area contributed by atoms with E-state index in [9.17, 15) is 15.0 Å². The van der Waals surface area contributed by atoms with Crippen LogP contribution >= 0.6 is 11.6 Å². The number of aliphatic hydroxyl groups is 2. The van der Waals surface area contributed by atoms with Gasteiger partial charge in [0.25, 0.3) is 0 Å². The highest BCUT2D eigenvalue weighted by atomic mass is 35.5. The fraction of sp³-hybridized carbons (Fsp3) is 0.300. The van der Waals surface area contributed by atoms with Crippen LogP contribution in [0.4, 0.5) is 17.5 Å².